The molecule has 0 aliphatic carbocycles. The van der Waals surface area contributed by atoms with Gasteiger partial charge in [0.15, 0.2) is 5.82 Å². The van der Waals surface area contributed by atoms with Gasteiger partial charge in [0.05, 0.1) is 5.56 Å². The summed E-state index contributed by atoms with van der Waals surface area (Å²) in [6, 6.07) is 3.32. The third-order valence-corrected chi connectivity index (χ3v) is 2.27. The topological polar surface area (TPSA) is 107 Å². The molecule has 7 nitrogen and oxygen atoms in total. The number of pyridine rings is 1. The van der Waals surface area contributed by atoms with Crippen LogP contribution in [0.2, 0.25) is 0 Å². The van der Waals surface area contributed by atoms with Crippen LogP contribution in [0.3, 0.4) is 0 Å². The molecule has 0 spiro atoms. The number of amides is 1. The van der Waals surface area contributed by atoms with Crippen LogP contribution in [-0.4, -0.2) is 27.6 Å². The lowest BCUT2D eigenvalue weighted by Gasteiger charge is -2.03. The first-order chi connectivity index (χ1) is 8.65. The van der Waals surface area contributed by atoms with Gasteiger partial charge in [0.1, 0.15) is 5.82 Å². The Hall–Kier alpha value is -2.44. The number of nitrogens with zero attached hydrogens (tertiary/aromatic N) is 3. The Balaban J connectivity index is 1.85. The van der Waals surface area contributed by atoms with Crippen LogP contribution < -0.4 is 11.1 Å². The number of aryl methyl sites for hydroxylation is 1. The summed E-state index contributed by atoms with van der Waals surface area (Å²) in [5.74, 6) is 1.37. The van der Waals surface area contributed by atoms with Gasteiger partial charge in [-0.1, -0.05) is 5.16 Å². The van der Waals surface area contributed by atoms with E-state index in [0.717, 1.165) is 0 Å². The average molecular weight is 247 g/mol. The minimum Gasteiger partial charge on any atom is -0.370 e. The Morgan fingerprint density at radius 3 is 2.89 bits per heavy atom. The number of carbonyl (C=O) groups is 1. The van der Waals surface area contributed by atoms with E-state index >= 15 is 0 Å². The molecule has 0 aliphatic heterocycles. The summed E-state index contributed by atoms with van der Waals surface area (Å²) in [6.07, 6.45) is 2.07. The van der Waals surface area contributed by atoms with Crippen molar-refractivity contribution in [2.45, 2.75) is 13.3 Å². The smallest absolute Gasteiger partial charge is 0.250 e. The lowest BCUT2D eigenvalue weighted by Crippen LogP contribution is -2.12. The van der Waals surface area contributed by atoms with Crippen LogP contribution in [-0.2, 0) is 6.42 Å². The van der Waals surface area contributed by atoms with Crippen LogP contribution in [0, 0.1) is 6.92 Å². The van der Waals surface area contributed by atoms with Crippen LogP contribution in [0.4, 0.5) is 5.82 Å². The fraction of sp³-hybridized carbons (Fsp3) is 0.273. The standard InChI is InChI=1S/C11H13N5O2/c1-7-15-10(16-18-7)4-5-13-9-3-2-8(6-14-9)11(12)17/h2-3,6H,4-5H2,1H3,(H2,12,17)(H,13,14). The summed E-state index contributed by atoms with van der Waals surface area (Å²) in [4.78, 5) is 19.0. The molecule has 0 fully saturated rings. The molecule has 94 valence electrons. The van der Waals surface area contributed by atoms with Crippen LogP contribution in [0.1, 0.15) is 22.1 Å². The zero-order valence-corrected chi connectivity index (χ0v) is 9.88. The molecule has 1 amide bonds. The molecule has 0 radical (unpaired) electrons. The minimum atomic E-state index is -0.490. The van der Waals surface area contributed by atoms with E-state index in [1.165, 1.54) is 6.20 Å². The molecule has 2 heterocycles. The van der Waals surface area contributed by atoms with Crippen LogP contribution in [0.5, 0.6) is 0 Å². The second-order valence-corrected chi connectivity index (χ2v) is 3.70. The maximum absolute atomic E-state index is 10.8. The highest BCUT2D eigenvalue weighted by molar-refractivity contribution is 5.92. The van der Waals surface area contributed by atoms with Gasteiger partial charge in [-0.2, -0.15) is 4.98 Å². The lowest BCUT2D eigenvalue weighted by molar-refractivity contribution is 0.1000. The highest BCUT2D eigenvalue weighted by atomic mass is 16.5. The van der Waals surface area contributed by atoms with Gasteiger partial charge >= 0.3 is 0 Å². The number of rotatable bonds is 5. The molecule has 0 saturated heterocycles. The van der Waals surface area contributed by atoms with Crippen LogP contribution >= 0.6 is 0 Å². The Morgan fingerprint density at radius 1 is 1.50 bits per heavy atom. The number of nitrogens with two attached hydrogens (primary N) is 1. The minimum absolute atomic E-state index is 0.384. The summed E-state index contributed by atoms with van der Waals surface area (Å²) in [7, 11) is 0. The molecule has 2 rings (SSSR count). The maximum Gasteiger partial charge on any atom is 0.250 e. The van der Waals surface area contributed by atoms with Gasteiger partial charge in [0, 0.05) is 26.1 Å². The van der Waals surface area contributed by atoms with Gasteiger partial charge in [0.25, 0.3) is 0 Å². The fourth-order valence-electron chi connectivity index (χ4n) is 1.39. The molecule has 0 unspecified atom stereocenters. The highest BCUT2D eigenvalue weighted by Crippen LogP contribution is 2.04. The van der Waals surface area contributed by atoms with E-state index in [1.54, 1.807) is 19.1 Å². The SMILES string of the molecule is Cc1nc(CCNc2ccc(C(N)=O)cn2)no1. The van der Waals surface area contributed by atoms with Gasteiger partial charge in [-0.05, 0) is 12.1 Å². The molecule has 0 aliphatic rings. The second kappa shape index (κ2) is 5.26. The van der Waals surface area contributed by atoms with E-state index in [0.29, 0.717) is 36.1 Å². The maximum atomic E-state index is 10.8. The van der Waals surface area contributed by atoms with Gasteiger partial charge in [-0.25, -0.2) is 4.98 Å². The van der Waals surface area contributed by atoms with Crippen molar-refractivity contribution in [3.8, 4) is 0 Å². The normalized spacial score (nSPS) is 10.3. The van der Waals surface area contributed by atoms with Gasteiger partial charge < -0.3 is 15.6 Å². The highest BCUT2D eigenvalue weighted by Gasteiger charge is 2.03. The molecule has 0 atom stereocenters. The number of nitrogens with one attached hydrogen (secondary N) is 1. The molecule has 3 N–H and O–H groups in total. The summed E-state index contributed by atoms with van der Waals surface area (Å²) in [5, 5.41) is 6.86. The van der Waals surface area contributed by atoms with Crippen LogP contribution in [0.25, 0.3) is 0 Å². The molecular weight excluding hydrogens is 234 g/mol. The molecule has 0 saturated carbocycles. The third kappa shape index (κ3) is 3.03. The number of carbonyl (C=O) groups excluding carboxylic acids is 1. The first-order valence-corrected chi connectivity index (χ1v) is 5.44. The van der Waals surface area contributed by atoms with E-state index in [4.69, 9.17) is 10.3 Å². The fourth-order valence-corrected chi connectivity index (χ4v) is 1.39. The Labute approximate surface area is 103 Å². The van der Waals surface area contributed by atoms with Crippen molar-refractivity contribution in [3.05, 3.63) is 35.6 Å². The molecule has 2 aromatic heterocycles. The Bertz CT molecular complexity index is 535. The molecule has 18 heavy (non-hydrogen) atoms. The second-order valence-electron chi connectivity index (χ2n) is 3.70. The molecular formula is C11H13N5O2. The van der Waals surface area contributed by atoms with E-state index in [-0.39, 0.29) is 0 Å². The quantitative estimate of drug-likeness (QED) is 0.797. The Kier molecular flexibility index (Phi) is 3.52. The third-order valence-electron chi connectivity index (χ3n) is 2.27. The molecule has 2 aromatic rings. The number of primary amides is 1. The Morgan fingerprint density at radius 2 is 2.33 bits per heavy atom. The average Bonchev–Trinajstić information content (AvgIpc) is 2.76. The van der Waals surface area contributed by atoms with Gasteiger partial charge in [-0.15, -0.1) is 0 Å². The predicted molar refractivity (Wildman–Crippen MR) is 64.0 cm³/mol. The van der Waals surface area contributed by atoms with Crippen molar-refractivity contribution < 1.29 is 9.32 Å². The van der Waals surface area contributed by atoms with Crippen molar-refractivity contribution in [3.63, 3.8) is 0 Å². The largest absolute Gasteiger partial charge is 0.370 e. The van der Waals surface area contributed by atoms with E-state index in [1.807, 2.05) is 0 Å². The summed E-state index contributed by atoms with van der Waals surface area (Å²) >= 11 is 0. The number of hydrogen-bond acceptors (Lipinski definition) is 6. The number of anilines is 1. The zero-order valence-electron chi connectivity index (χ0n) is 9.88. The molecule has 7 heteroatoms. The molecule has 0 bridgehead atoms. The van der Waals surface area contributed by atoms with Crippen molar-refractivity contribution in [2.24, 2.45) is 5.73 Å². The van der Waals surface area contributed by atoms with Gasteiger partial charge in [0.2, 0.25) is 11.8 Å². The number of hydrogen-bond donors (Lipinski definition) is 2. The zero-order chi connectivity index (χ0) is 13.0. The monoisotopic (exact) mass is 247 g/mol. The number of aromatic nitrogens is 3. The molecule has 0 aromatic carbocycles. The van der Waals surface area contributed by atoms with E-state index < -0.39 is 5.91 Å². The van der Waals surface area contributed by atoms with Crippen LogP contribution in [0.15, 0.2) is 22.9 Å². The summed E-state index contributed by atoms with van der Waals surface area (Å²) < 4.78 is 4.85. The first kappa shape index (κ1) is 12.0. The van der Waals surface area contributed by atoms with Gasteiger partial charge in [-0.3, -0.25) is 4.79 Å². The van der Waals surface area contributed by atoms with E-state index in [2.05, 4.69) is 20.4 Å². The summed E-state index contributed by atoms with van der Waals surface area (Å²) in [6.45, 7) is 2.37. The van der Waals surface area contributed by atoms with E-state index in [9.17, 15) is 4.79 Å². The van der Waals surface area contributed by atoms with Crippen molar-refractivity contribution in [1.82, 2.24) is 15.1 Å². The predicted octanol–water partition coefficient (Wildman–Crippen LogP) is 0.527. The van der Waals surface area contributed by atoms with Crippen molar-refractivity contribution in [1.29, 1.82) is 0 Å². The van der Waals surface area contributed by atoms with Crippen molar-refractivity contribution >= 4 is 11.7 Å². The van der Waals surface area contributed by atoms with Crippen molar-refractivity contribution in [2.75, 3.05) is 11.9 Å². The summed E-state index contributed by atoms with van der Waals surface area (Å²) in [5.41, 5.74) is 5.50. The lowest BCUT2D eigenvalue weighted by atomic mass is 10.3. The first-order valence-electron chi connectivity index (χ1n) is 5.44.